The van der Waals surface area contributed by atoms with E-state index in [1.165, 1.54) is 0 Å². The number of rotatable bonds is 4. The van der Waals surface area contributed by atoms with Crippen LogP contribution in [0.3, 0.4) is 0 Å². The summed E-state index contributed by atoms with van der Waals surface area (Å²) in [6, 6.07) is 1.73. The Labute approximate surface area is 83.2 Å². The molecular formula is C10H16N2O2. The summed E-state index contributed by atoms with van der Waals surface area (Å²) < 4.78 is 0. The first-order chi connectivity index (χ1) is 6.69. The van der Waals surface area contributed by atoms with Gasteiger partial charge in [-0.05, 0) is 19.2 Å². The first-order valence-electron chi connectivity index (χ1n) is 4.80. The highest BCUT2D eigenvalue weighted by molar-refractivity contribution is 5.27. The van der Waals surface area contributed by atoms with Gasteiger partial charge in [0.05, 0.1) is 0 Å². The molecule has 4 nitrogen and oxygen atoms in total. The number of hydrogen-bond donors (Lipinski definition) is 2. The van der Waals surface area contributed by atoms with Crippen LogP contribution in [0.15, 0.2) is 17.1 Å². The minimum Gasteiger partial charge on any atom is -0.503 e. The molecule has 14 heavy (non-hydrogen) atoms. The van der Waals surface area contributed by atoms with Crippen molar-refractivity contribution in [1.82, 2.24) is 9.88 Å². The summed E-state index contributed by atoms with van der Waals surface area (Å²) in [5, 5.41) is 9.47. The molecule has 4 heteroatoms. The molecule has 0 saturated carbocycles. The molecule has 2 N–H and O–H groups in total. The standard InChI is InChI=1S/C10H16N2O2/c1-3-12(4-2)7-8-5-6-11-10(14)9(8)13/h5-6,13H,3-4,7H2,1-2H3,(H,11,14). The monoisotopic (exact) mass is 196 g/mol. The second-order valence-corrected chi connectivity index (χ2v) is 3.14. The van der Waals surface area contributed by atoms with Crippen LogP contribution in [0.4, 0.5) is 0 Å². The fourth-order valence-corrected chi connectivity index (χ4v) is 1.33. The van der Waals surface area contributed by atoms with Gasteiger partial charge in [0.15, 0.2) is 5.75 Å². The first-order valence-corrected chi connectivity index (χ1v) is 4.80. The van der Waals surface area contributed by atoms with E-state index >= 15 is 0 Å². The normalized spacial score (nSPS) is 10.8. The zero-order valence-corrected chi connectivity index (χ0v) is 8.58. The van der Waals surface area contributed by atoms with Crippen molar-refractivity contribution in [2.45, 2.75) is 20.4 Å². The van der Waals surface area contributed by atoms with Crippen molar-refractivity contribution in [3.05, 3.63) is 28.2 Å². The van der Waals surface area contributed by atoms with Gasteiger partial charge in [-0.1, -0.05) is 13.8 Å². The molecule has 1 aromatic heterocycles. The Balaban J connectivity index is 2.86. The van der Waals surface area contributed by atoms with Gasteiger partial charge in [0.25, 0.3) is 5.56 Å². The molecule has 0 fully saturated rings. The Morgan fingerprint density at radius 1 is 1.43 bits per heavy atom. The van der Waals surface area contributed by atoms with Crippen LogP contribution in [0.2, 0.25) is 0 Å². The molecule has 0 amide bonds. The van der Waals surface area contributed by atoms with E-state index in [0.717, 1.165) is 13.1 Å². The second-order valence-electron chi connectivity index (χ2n) is 3.14. The second kappa shape index (κ2) is 4.81. The van der Waals surface area contributed by atoms with Crippen LogP contribution in [-0.4, -0.2) is 28.1 Å². The van der Waals surface area contributed by atoms with Gasteiger partial charge in [0, 0.05) is 18.3 Å². The van der Waals surface area contributed by atoms with E-state index in [9.17, 15) is 9.90 Å². The van der Waals surface area contributed by atoms with Crippen LogP contribution in [-0.2, 0) is 6.54 Å². The number of H-pyrrole nitrogens is 1. The quantitative estimate of drug-likeness (QED) is 0.753. The minimum absolute atomic E-state index is 0.167. The maximum absolute atomic E-state index is 11.1. The lowest BCUT2D eigenvalue weighted by molar-refractivity contribution is 0.290. The number of pyridine rings is 1. The molecule has 78 valence electrons. The number of hydrogen-bond acceptors (Lipinski definition) is 3. The third kappa shape index (κ3) is 2.35. The van der Waals surface area contributed by atoms with E-state index in [2.05, 4.69) is 9.88 Å². The maximum Gasteiger partial charge on any atom is 0.290 e. The molecule has 0 aliphatic carbocycles. The van der Waals surface area contributed by atoms with E-state index in [4.69, 9.17) is 0 Å². The van der Waals surface area contributed by atoms with Crippen LogP contribution in [0.25, 0.3) is 0 Å². The predicted octanol–water partition coefficient (Wildman–Crippen LogP) is 0.922. The molecule has 0 spiro atoms. The third-order valence-electron chi connectivity index (χ3n) is 2.31. The maximum atomic E-state index is 11.1. The molecule has 0 unspecified atom stereocenters. The Kier molecular flexibility index (Phi) is 3.71. The molecule has 0 radical (unpaired) electrons. The lowest BCUT2D eigenvalue weighted by Gasteiger charge is -2.17. The average molecular weight is 196 g/mol. The van der Waals surface area contributed by atoms with Crippen molar-refractivity contribution >= 4 is 0 Å². The molecule has 0 bridgehead atoms. The first kappa shape index (κ1) is 10.8. The summed E-state index contributed by atoms with van der Waals surface area (Å²) in [5.74, 6) is -0.167. The van der Waals surface area contributed by atoms with Gasteiger partial charge in [0.2, 0.25) is 0 Å². The van der Waals surface area contributed by atoms with Crippen molar-refractivity contribution < 1.29 is 5.11 Å². The van der Waals surface area contributed by atoms with Gasteiger partial charge >= 0.3 is 0 Å². The summed E-state index contributed by atoms with van der Waals surface area (Å²) in [4.78, 5) is 15.6. The van der Waals surface area contributed by atoms with E-state index in [1.807, 2.05) is 13.8 Å². The van der Waals surface area contributed by atoms with E-state index in [-0.39, 0.29) is 5.75 Å². The number of nitrogens with one attached hydrogen (secondary N) is 1. The molecule has 1 heterocycles. The van der Waals surface area contributed by atoms with Crippen LogP contribution in [0.5, 0.6) is 5.75 Å². The van der Waals surface area contributed by atoms with Gasteiger partial charge in [-0.15, -0.1) is 0 Å². The lowest BCUT2D eigenvalue weighted by Crippen LogP contribution is -2.23. The van der Waals surface area contributed by atoms with Crippen molar-refractivity contribution in [3.8, 4) is 5.75 Å². The van der Waals surface area contributed by atoms with Crippen molar-refractivity contribution in [3.63, 3.8) is 0 Å². The van der Waals surface area contributed by atoms with Gasteiger partial charge in [-0.2, -0.15) is 0 Å². The Morgan fingerprint density at radius 3 is 2.64 bits per heavy atom. The summed E-state index contributed by atoms with van der Waals surface area (Å²) in [7, 11) is 0. The Bertz CT molecular complexity index is 342. The van der Waals surface area contributed by atoms with Gasteiger partial charge in [-0.25, -0.2) is 0 Å². The topological polar surface area (TPSA) is 56.3 Å². The van der Waals surface area contributed by atoms with Crippen LogP contribution < -0.4 is 5.56 Å². The average Bonchev–Trinajstić information content (AvgIpc) is 2.20. The van der Waals surface area contributed by atoms with E-state index < -0.39 is 5.56 Å². The molecule has 0 aliphatic rings. The highest BCUT2D eigenvalue weighted by atomic mass is 16.3. The minimum atomic E-state index is -0.422. The summed E-state index contributed by atoms with van der Waals surface area (Å²) in [6.45, 7) is 6.52. The molecular weight excluding hydrogens is 180 g/mol. The van der Waals surface area contributed by atoms with Gasteiger partial charge in [0.1, 0.15) is 0 Å². The van der Waals surface area contributed by atoms with Crippen LogP contribution in [0, 0.1) is 0 Å². The zero-order valence-electron chi connectivity index (χ0n) is 8.58. The molecule has 1 rings (SSSR count). The molecule has 1 aromatic rings. The fraction of sp³-hybridized carbons (Fsp3) is 0.500. The summed E-state index contributed by atoms with van der Waals surface area (Å²) in [6.07, 6.45) is 1.56. The van der Waals surface area contributed by atoms with Crippen LogP contribution >= 0.6 is 0 Å². The van der Waals surface area contributed by atoms with Crippen molar-refractivity contribution in [2.24, 2.45) is 0 Å². The highest BCUT2D eigenvalue weighted by Gasteiger charge is 2.07. The van der Waals surface area contributed by atoms with Gasteiger partial charge < -0.3 is 10.1 Å². The van der Waals surface area contributed by atoms with E-state index in [0.29, 0.717) is 12.1 Å². The number of aromatic amines is 1. The molecule has 0 atom stereocenters. The number of aromatic nitrogens is 1. The smallest absolute Gasteiger partial charge is 0.290 e. The fourth-order valence-electron chi connectivity index (χ4n) is 1.33. The SMILES string of the molecule is CCN(CC)Cc1cc[nH]c(=O)c1O. The van der Waals surface area contributed by atoms with E-state index in [1.54, 1.807) is 12.3 Å². The summed E-state index contributed by atoms with van der Waals surface area (Å²) >= 11 is 0. The highest BCUT2D eigenvalue weighted by Crippen LogP contribution is 2.11. The predicted molar refractivity (Wildman–Crippen MR) is 55.4 cm³/mol. The Hall–Kier alpha value is -1.29. The Morgan fingerprint density at radius 2 is 2.07 bits per heavy atom. The largest absolute Gasteiger partial charge is 0.503 e. The van der Waals surface area contributed by atoms with Crippen LogP contribution in [0.1, 0.15) is 19.4 Å². The number of aromatic hydroxyl groups is 1. The van der Waals surface area contributed by atoms with Crippen molar-refractivity contribution in [2.75, 3.05) is 13.1 Å². The lowest BCUT2D eigenvalue weighted by atomic mass is 10.2. The number of nitrogens with zero attached hydrogens (tertiary/aromatic N) is 1. The summed E-state index contributed by atoms with van der Waals surface area (Å²) in [5.41, 5.74) is 0.257. The van der Waals surface area contributed by atoms with Gasteiger partial charge in [-0.3, -0.25) is 9.69 Å². The van der Waals surface area contributed by atoms with Crippen molar-refractivity contribution in [1.29, 1.82) is 0 Å². The molecule has 0 aromatic carbocycles. The molecule has 0 saturated heterocycles. The zero-order chi connectivity index (χ0) is 10.6. The molecule has 0 aliphatic heterocycles. The third-order valence-corrected chi connectivity index (χ3v) is 2.31.